The number of nitrogens with zero attached hydrogens (tertiary/aromatic N) is 2. The molecule has 0 bridgehead atoms. The van der Waals surface area contributed by atoms with Gasteiger partial charge in [0, 0.05) is 35.3 Å². The third-order valence-electron chi connectivity index (χ3n) is 13.4. The Morgan fingerprint density at radius 1 is 0.949 bits per heavy atom. The Kier molecular flexibility index (Phi) is 5.50. The minimum Gasteiger partial charge on any atom is -0.337 e. The number of ketones is 2. The van der Waals surface area contributed by atoms with Gasteiger partial charge < -0.3 is 4.90 Å². The van der Waals surface area contributed by atoms with Gasteiger partial charge in [-0.25, -0.2) is 0 Å². The molecule has 0 aromatic heterocycles. The van der Waals surface area contributed by atoms with Crippen molar-refractivity contribution in [2.24, 2.45) is 44.8 Å². The molecule has 5 nitrogen and oxygen atoms in total. The zero-order chi connectivity index (χ0) is 28.4. The van der Waals surface area contributed by atoms with E-state index < -0.39 is 10.8 Å². The van der Waals surface area contributed by atoms with E-state index >= 15 is 0 Å². The van der Waals surface area contributed by atoms with Crippen molar-refractivity contribution in [1.82, 2.24) is 4.90 Å². The SMILES string of the molecule is CC1(C)CC[C@]2(N3CCCC3=O)CC[C@]3(C)[C@H](C(=O)C=C4[C@@]5(C)C=C(C#N)C(=O)C(C)(C)C5CC[C@]43C)C2C1. The Bertz CT molecular complexity index is 1280. The van der Waals surface area contributed by atoms with Crippen LogP contribution in [0.25, 0.3) is 0 Å². The molecular formula is C34H46N2O3. The van der Waals surface area contributed by atoms with Crippen LogP contribution in [0.2, 0.25) is 0 Å². The average molecular weight is 531 g/mol. The molecule has 0 aromatic carbocycles. The highest BCUT2D eigenvalue weighted by molar-refractivity contribution is 6.04. The van der Waals surface area contributed by atoms with Gasteiger partial charge in [-0.2, -0.15) is 5.26 Å². The van der Waals surface area contributed by atoms with Crippen molar-refractivity contribution in [3.05, 3.63) is 23.3 Å². The molecule has 6 rings (SSSR count). The molecule has 4 fully saturated rings. The first-order chi connectivity index (χ1) is 18.1. The molecule has 7 atom stereocenters. The Balaban J connectivity index is 1.52. The molecule has 39 heavy (non-hydrogen) atoms. The van der Waals surface area contributed by atoms with Crippen LogP contribution in [0.5, 0.6) is 0 Å². The summed E-state index contributed by atoms with van der Waals surface area (Å²) in [7, 11) is 0. The normalized spacial score (nSPS) is 46.3. The summed E-state index contributed by atoms with van der Waals surface area (Å²) in [5.41, 5.74) is -0.295. The Morgan fingerprint density at radius 3 is 2.28 bits per heavy atom. The van der Waals surface area contributed by atoms with Crippen LogP contribution in [-0.2, 0) is 14.4 Å². The minimum atomic E-state index is -0.650. The number of carbonyl (C=O) groups excluding carboxylic acids is 3. The van der Waals surface area contributed by atoms with Crippen LogP contribution in [0, 0.1) is 56.2 Å². The molecule has 2 unspecified atom stereocenters. The average Bonchev–Trinajstić information content (AvgIpc) is 3.29. The first kappa shape index (κ1) is 27.0. The van der Waals surface area contributed by atoms with Gasteiger partial charge in [0.1, 0.15) is 6.07 Å². The molecule has 1 heterocycles. The van der Waals surface area contributed by atoms with Crippen LogP contribution >= 0.6 is 0 Å². The van der Waals surface area contributed by atoms with E-state index in [4.69, 9.17) is 0 Å². The fourth-order valence-electron chi connectivity index (χ4n) is 11.2. The fraction of sp³-hybridized carbons (Fsp3) is 0.765. The monoisotopic (exact) mass is 530 g/mol. The van der Waals surface area contributed by atoms with Crippen LogP contribution < -0.4 is 0 Å². The topological polar surface area (TPSA) is 78.2 Å². The molecule has 1 aliphatic heterocycles. The molecule has 210 valence electrons. The molecule has 1 saturated heterocycles. The quantitative estimate of drug-likeness (QED) is 0.384. The van der Waals surface area contributed by atoms with E-state index in [1.165, 1.54) is 0 Å². The van der Waals surface area contributed by atoms with Gasteiger partial charge in [-0.1, -0.05) is 60.1 Å². The van der Waals surface area contributed by atoms with Gasteiger partial charge in [-0.15, -0.1) is 0 Å². The third-order valence-corrected chi connectivity index (χ3v) is 13.4. The van der Waals surface area contributed by atoms with Crippen molar-refractivity contribution >= 4 is 17.5 Å². The molecule has 5 heteroatoms. The first-order valence-corrected chi connectivity index (χ1v) is 15.3. The fourth-order valence-corrected chi connectivity index (χ4v) is 11.2. The Labute approximate surface area is 234 Å². The standard InChI is InChI=1S/C34H46N2O3/c1-29(2)12-14-34(36-16-8-9-26(36)38)15-13-33(7)27(22(34)19-29)23(37)17-25-31(5)18-21(20-35)28(39)30(3,4)24(31)10-11-32(25,33)6/h17-18,22,24,27H,8-16,19H2,1-7H3/t22?,24?,27-,31-,32+,33+,34-/m0/s1. The lowest BCUT2D eigenvalue weighted by atomic mass is 9.35. The number of Topliss-reactive ketones (excluding diaryl/α,β-unsaturated/α-hetero) is 1. The number of fused-ring (bicyclic) bond motifs is 7. The zero-order valence-corrected chi connectivity index (χ0v) is 25.1. The second kappa shape index (κ2) is 7.95. The highest BCUT2D eigenvalue weighted by Crippen LogP contribution is 2.74. The van der Waals surface area contributed by atoms with Gasteiger partial charge in [0.2, 0.25) is 5.91 Å². The van der Waals surface area contributed by atoms with Crippen molar-refractivity contribution < 1.29 is 14.4 Å². The van der Waals surface area contributed by atoms with Crippen LogP contribution in [0.15, 0.2) is 23.3 Å². The molecular weight excluding hydrogens is 484 g/mol. The molecule has 3 saturated carbocycles. The van der Waals surface area contributed by atoms with E-state index in [0.717, 1.165) is 63.5 Å². The predicted octanol–water partition coefficient (Wildman–Crippen LogP) is 6.58. The number of hydrogen-bond donors (Lipinski definition) is 0. The zero-order valence-electron chi connectivity index (χ0n) is 25.1. The van der Waals surface area contributed by atoms with Gasteiger partial charge in [0.25, 0.3) is 0 Å². The lowest BCUT2D eigenvalue weighted by Crippen LogP contribution is -2.69. The Hall–Kier alpha value is -2.22. The summed E-state index contributed by atoms with van der Waals surface area (Å²) in [6.45, 7) is 16.4. The maximum atomic E-state index is 14.6. The van der Waals surface area contributed by atoms with E-state index in [-0.39, 0.29) is 62.6 Å². The van der Waals surface area contributed by atoms with E-state index in [2.05, 4.69) is 45.6 Å². The van der Waals surface area contributed by atoms with Crippen molar-refractivity contribution in [3.8, 4) is 6.07 Å². The number of likely N-dealkylation sites (tertiary alicyclic amines) is 1. The maximum absolute atomic E-state index is 14.6. The summed E-state index contributed by atoms with van der Waals surface area (Å²) in [5, 5.41) is 9.92. The van der Waals surface area contributed by atoms with E-state index in [0.29, 0.717) is 6.42 Å². The first-order valence-electron chi connectivity index (χ1n) is 15.3. The summed E-state index contributed by atoms with van der Waals surface area (Å²) in [5.74, 6) is 0.526. The molecule has 0 aromatic rings. The van der Waals surface area contributed by atoms with Gasteiger partial charge in [0.05, 0.1) is 5.57 Å². The number of rotatable bonds is 1. The van der Waals surface area contributed by atoms with Crippen molar-refractivity contribution in [2.45, 2.75) is 112 Å². The van der Waals surface area contributed by atoms with E-state index in [1.54, 1.807) is 0 Å². The van der Waals surface area contributed by atoms with Gasteiger partial charge in [-0.3, -0.25) is 14.4 Å². The molecule has 0 spiro atoms. The van der Waals surface area contributed by atoms with Crippen LogP contribution in [0.3, 0.4) is 0 Å². The lowest BCUT2D eigenvalue weighted by Gasteiger charge is -2.70. The van der Waals surface area contributed by atoms with Crippen LogP contribution in [0.4, 0.5) is 0 Å². The van der Waals surface area contributed by atoms with Gasteiger partial charge >= 0.3 is 0 Å². The predicted molar refractivity (Wildman–Crippen MR) is 150 cm³/mol. The number of hydrogen-bond acceptors (Lipinski definition) is 4. The van der Waals surface area contributed by atoms with Gasteiger partial charge in [-0.05, 0) is 85.5 Å². The summed E-state index contributed by atoms with van der Waals surface area (Å²) >= 11 is 0. The third kappa shape index (κ3) is 3.21. The van der Waals surface area contributed by atoms with Crippen molar-refractivity contribution in [3.63, 3.8) is 0 Å². The van der Waals surface area contributed by atoms with Gasteiger partial charge in [0.15, 0.2) is 11.6 Å². The highest BCUT2D eigenvalue weighted by Gasteiger charge is 2.70. The maximum Gasteiger partial charge on any atom is 0.223 e. The number of carbonyl (C=O) groups is 3. The second-order valence-electron chi connectivity index (χ2n) is 16.0. The Morgan fingerprint density at radius 2 is 1.64 bits per heavy atom. The summed E-state index contributed by atoms with van der Waals surface area (Å²) < 4.78 is 0. The summed E-state index contributed by atoms with van der Waals surface area (Å²) in [6.07, 6.45) is 12.3. The van der Waals surface area contributed by atoms with Crippen LogP contribution in [0.1, 0.15) is 106 Å². The van der Waals surface area contributed by atoms with Crippen LogP contribution in [-0.4, -0.2) is 34.5 Å². The minimum absolute atomic E-state index is 0.0559. The number of amides is 1. The van der Waals surface area contributed by atoms with E-state index in [1.807, 2.05) is 26.0 Å². The summed E-state index contributed by atoms with van der Waals surface area (Å²) in [6, 6.07) is 2.20. The summed E-state index contributed by atoms with van der Waals surface area (Å²) in [4.78, 5) is 43.3. The van der Waals surface area contributed by atoms with Crippen molar-refractivity contribution in [2.75, 3.05) is 6.54 Å². The molecule has 0 radical (unpaired) electrons. The van der Waals surface area contributed by atoms with Crippen molar-refractivity contribution in [1.29, 1.82) is 5.26 Å². The molecule has 6 aliphatic rings. The second-order valence-corrected chi connectivity index (χ2v) is 16.0. The smallest absolute Gasteiger partial charge is 0.223 e. The molecule has 0 N–H and O–H groups in total. The molecule has 1 amide bonds. The number of nitriles is 1. The lowest BCUT2D eigenvalue weighted by molar-refractivity contribution is -0.181. The highest BCUT2D eigenvalue weighted by atomic mass is 16.2. The largest absolute Gasteiger partial charge is 0.337 e. The van der Waals surface area contributed by atoms with E-state index in [9.17, 15) is 19.6 Å². The molecule has 5 aliphatic carbocycles. The number of allylic oxidation sites excluding steroid dienone is 4.